The SMILES string of the molecule is CCOC(=O)c1c(-c2ccccc2)csc1NC(=O)C(C)OC(=O)c1ccc(CNC(C)=O)cc1. The minimum Gasteiger partial charge on any atom is -0.462 e. The molecule has 2 amide bonds. The number of hydrogen-bond acceptors (Lipinski definition) is 7. The lowest BCUT2D eigenvalue weighted by Crippen LogP contribution is -2.30. The molecule has 1 unspecified atom stereocenters. The number of carbonyl (C=O) groups excluding carboxylic acids is 4. The fraction of sp³-hybridized carbons (Fsp3) is 0.231. The number of amides is 2. The number of carbonyl (C=O) groups is 4. The van der Waals surface area contributed by atoms with E-state index in [4.69, 9.17) is 9.47 Å². The number of ether oxygens (including phenoxy) is 2. The van der Waals surface area contributed by atoms with Gasteiger partial charge in [-0.2, -0.15) is 0 Å². The van der Waals surface area contributed by atoms with Gasteiger partial charge in [-0.15, -0.1) is 11.3 Å². The van der Waals surface area contributed by atoms with Crippen LogP contribution >= 0.6 is 11.3 Å². The zero-order chi connectivity index (χ0) is 25.4. The molecule has 9 heteroatoms. The van der Waals surface area contributed by atoms with E-state index in [2.05, 4.69) is 10.6 Å². The van der Waals surface area contributed by atoms with Gasteiger partial charge >= 0.3 is 11.9 Å². The quantitative estimate of drug-likeness (QED) is 0.426. The summed E-state index contributed by atoms with van der Waals surface area (Å²) in [4.78, 5) is 49.0. The normalized spacial score (nSPS) is 11.3. The monoisotopic (exact) mass is 494 g/mol. The van der Waals surface area contributed by atoms with Gasteiger partial charge in [0.1, 0.15) is 10.6 Å². The summed E-state index contributed by atoms with van der Waals surface area (Å²) in [5, 5.41) is 7.46. The molecule has 35 heavy (non-hydrogen) atoms. The van der Waals surface area contributed by atoms with E-state index in [1.807, 2.05) is 30.3 Å². The number of benzene rings is 2. The lowest BCUT2D eigenvalue weighted by molar-refractivity contribution is -0.123. The number of esters is 2. The third-order valence-electron chi connectivity index (χ3n) is 4.98. The molecular weight excluding hydrogens is 468 g/mol. The average molecular weight is 495 g/mol. The van der Waals surface area contributed by atoms with E-state index in [0.29, 0.717) is 17.1 Å². The van der Waals surface area contributed by atoms with Crippen LogP contribution in [0.4, 0.5) is 5.00 Å². The molecule has 0 spiro atoms. The molecule has 182 valence electrons. The van der Waals surface area contributed by atoms with Gasteiger partial charge in [0.2, 0.25) is 5.91 Å². The molecule has 0 fully saturated rings. The van der Waals surface area contributed by atoms with Gasteiger partial charge in [0, 0.05) is 24.4 Å². The molecule has 1 heterocycles. The van der Waals surface area contributed by atoms with Crippen LogP contribution < -0.4 is 10.6 Å². The van der Waals surface area contributed by atoms with Crippen LogP contribution in [-0.2, 0) is 25.6 Å². The van der Waals surface area contributed by atoms with Gasteiger partial charge in [-0.3, -0.25) is 9.59 Å². The van der Waals surface area contributed by atoms with Crippen molar-refractivity contribution < 1.29 is 28.7 Å². The molecule has 1 aromatic heterocycles. The summed E-state index contributed by atoms with van der Waals surface area (Å²) in [7, 11) is 0. The average Bonchev–Trinajstić information content (AvgIpc) is 3.27. The highest BCUT2D eigenvalue weighted by molar-refractivity contribution is 7.15. The largest absolute Gasteiger partial charge is 0.462 e. The number of hydrogen-bond donors (Lipinski definition) is 2. The molecule has 0 radical (unpaired) electrons. The molecule has 0 aliphatic carbocycles. The van der Waals surface area contributed by atoms with Crippen LogP contribution in [0, 0.1) is 0 Å². The van der Waals surface area contributed by atoms with E-state index in [9.17, 15) is 19.2 Å². The van der Waals surface area contributed by atoms with Gasteiger partial charge < -0.3 is 20.1 Å². The zero-order valence-electron chi connectivity index (χ0n) is 19.6. The second kappa shape index (κ2) is 11.9. The Balaban J connectivity index is 1.70. The lowest BCUT2D eigenvalue weighted by Gasteiger charge is -2.14. The van der Waals surface area contributed by atoms with Crippen molar-refractivity contribution in [3.05, 3.63) is 76.7 Å². The van der Waals surface area contributed by atoms with Crippen molar-refractivity contribution in [2.75, 3.05) is 11.9 Å². The van der Waals surface area contributed by atoms with E-state index in [1.54, 1.807) is 36.6 Å². The number of thiophene rings is 1. The van der Waals surface area contributed by atoms with Crippen LogP contribution in [0.1, 0.15) is 47.1 Å². The van der Waals surface area contributed by atoms with Crippen molar-refractivity contribution in [1.82, 2.24) is 5.32 Å². The van der Waals surface area contributed by atoms with Gasteiger partial charge in [-0.1, -0.05) is 42.5 Å². The predicted molar refractivity (Wildman–Crippen MR) is 133 cm³/mol. The Morgan fingerprint density at radius 3 is 2.29 bits per heavy atom. The van der Waals surface area contributed by atoms with Gasteiger partial charge in [-0.25, -0.2) is 9.59 Å². The molecule has 0 aliphatic rings. The maximum absolute atomic E-state index is 12.8. The van der Waals surface area contributed by atoms with E-state index < -0.39 is 23.9 Å². The molecule has 2 aromatic carbocycles. The summed E-state index contributed by atoms with van der Waals surface area (Å²) in [5.41, 5.74) is 2.80. The Bertz CT molecular complexity index is 1200. The highest BCUT2D eigenvalue weighted by Crippen LogP contribution is 2.36. The highest BCUT2D eigenvalue weighted by atomic mass is 32.1. The summed E-state index contributed by atoms with van der Waals surface area (Å²) >= 11 is 1.19. The Labute approximate surface area is 207 Å². The smallest absolute Gasteiger partial charge is 0.341 e. The van der Waals surface area contributed by atoms with Crippen LogP contribution in [0.5, 0.6) is 0 Å². The summed E-state index contributed by atoms with van der Waals surface area (Å²) < 4.78 is 10.5. The highest BCUT2D eigenvalue weighted by Gasteiger charge is 2.25. The minimum absolute atomic E-state index is 0.152. The minimum atomic E-state index is -1.11. The first kappa shape index (κ1) is 25.6. The molecule has 1 atom stereocenters. The van der Waals surface area contributed by atoms with Crippen LogP contribution in [-0.4, -0.2) is 36.5 Å². The first-order valence-corrected chi connectivity index (χ1v) is 11.9. The van der Waals surface area contributed by atoms with Crippen LogP contribution in [0.2, 0.25) is 0 Å². The molecule has 0 aliphatic heterocycles. The second-order valence-electron chi connectivity index (χ2n) is 7.58. The molecule has 0 saturated carbocycles. The van der Waals surface area contributed by atoms with E-state index in [1.165, 1.54) is 25.2 Å². The third kappa shape index (κ3) is 6.77. The van der Waals surface area contributed by atoms with Crippen molar-refractivity contribution in [1.29, 1.82) is 0 Å². The molecule has 8 nitrogen and oxygen atoms in total. The van der Waals surface area contributed by atoms with Gasteiger partial charge in [-0.05, 0) is 37.1 Å². The molecule has 3 aromatic rings. The van der Waals surface area contributed by atoms with E-state index >= 15 is 0 Å². The molecule has 2 N–H and O–H groups in total. The van der Waals surface area contributed by atoms with Crippen LogP contribution in [0.25, 0.3) is 11.1 Å². The maximum atomic E-state index is 12.8. The van der Waals surface area contributed by atoms with Crippen LogP contribution in [0.3, 0.4) is 0 Å². The maximum Gasteiger partial charge on any atom is 0.341 e. The Kier molecular flexibility index (Phi) is 8.74. The van der Waals surface area contributed by atoms with E-state index in [-0.39, 0.29) is 23.6 Å². The summed E-state index contributed by atoms with van der Waals surface area (Å²) in [5.74, 6) is -1.94. The van der Waals surface area contributed by atoms with Crippen molar-refractivity contribution >= 4 is 40.1 Å². The summed E-state index contributed by atoms with van der Waals surface area (Å²) in [6, 6.07) is 15.8. The first-order valence-electron chi connectivity index (χ1n) is 11.0. The van der Waals surface area contributed by atoms with Crippen molar-refractivity contribution in [2.45, 2.75) is 33.4 Å². The second-order valence-corrected chi connectivity index (χ2v) is 8.46. The number of rotatable bonds is 9. The van der Waals surface area contributed by atoms with E-state index in [0.717, 1.165) is 11.1 Å². The molecule has 0 saturated heterocycles. The van der Waals surface area contributed by atoms with Crippen molar-refractivity contribution in [2.24, 2.45) is 0 Å². The molecule has 3 rings (SSSR count). The fourth-order valence-corrected chi connectivity index (χ4v) is 4.13. The summed E-state index contributed by atoms with van der Waals surface area (Å²) in [6.45, 7) is 5.12. The number of nitrogens with one attached hydrogen (secondary N) is 2. The first-order chi connectivity index (χ1) is 16.8. The Morgan fingerprint density at radius 2 is 1.66 bits per heavy atom. The molecule has 0 bridgehead atoms. The third-order valence-corrected chi connectivity index (χ3v) is 5.87. The lowest BCUT2D eigenvalue weighted by atomic mass is 10.0. The number of anilines is 1. The van der Waals surface area contributed by atoms with Crippen molar-refractivity contribution in [3.8, 4) is 11.1 Å². The Hall–Kier alpha value is -3.98. The van der Waals surface area contributed by atoms with Gasteiger partial charge in [0.15, 0.2) is 6.10 Å². The Morgan fingerprint density at radius 1 is 0.971 bits per heavy atom. The van der Waals surface area contributed by atoms with Crippen molar-refractivity contribution in [3.63, 3.8) is 0 Å². The zero-order valence-corrected chi connectivity index (χ0v) is 20.4. The predicted octanol–water partition coefficient (Wildman–Crippen LogP) is 4.41. The van der Waals surface area contributed by atoms with Gasteiger partial charge in [0.05, 0.1) is 12.2 Å². The van der Waals surface area contributed by atoms with Gasteiger partial charge in [0.25, 0.3) is 5.91 Å². The summed E-state index contributed by atoms with van der Waals surface area (Å²) in [6.07, 6.45) is -1.11. The topological polar surface area (TPSA) is 111 Å². The fourth-order valence-electron chi connectivity index (χ4n) is 3.17. The standard InChI is InChI=1S/C26H26N2O6S/c1-4-33-26(32)22-21(19-8-6-5-7-9-19)15-35-24(22)28-23(30)16(2)34-25(31)20-12-10-18(11-13-20)14-27-17(3)29/h5-13,15-16H,4,14H2,1-3H3,(H,27,29)(H,28,30). The molecular formula is C26H26N2O6S. The van der Waals surface area contributed by atoms with Crippen LogP contribution in [0.15, 0.2) is 60.0 Å².